The van der Waals surface area contributed by atoms with Gasteiger partial charge in [-0.15, -0.1) is 10.2 Å². The smallest absolute Gasteiger partial charge is 0.262 e. The van der Waals surface area contributed by atoms with Crippen molar-refractivity contribution in [2.24, 2.45) is 0 Å². The summed E-state index contributed by atoms with van der Waals surface area (Å²) in [6.45, 7) is 5.26. The lowest BCUT2D eigenvalue weighted by Crippen LogP contribution is -2.20. The van der Waals surface area contributed by atoms with E-state index in [0.29, 0.717) is 33.8 Å². The standard InChI is InChI=1S/C25H26N6O4S/c1-16-13-17(2)24(18(3)14-16)36(33,34)29-20-10-6-5-9-19(20)25-27-30-31(28-25)15-23(32)26-21-11-7-8-12-22(21)35-4/h5-14,29H,15H2,1-4H3,(H,26,32). The molecule has 2 N–H and O–H groups in total. The van der Waals surface area contributed by atoms with Crippen LogP contribution < -0.4 is 14.8 Å². The average Bonchev–Trinajstić information content (AvgIpc) is 3.26. The maximum atomic E-state index is 13.3. The van der Waals surface area contributed by atoms with Crippen LogP contribution in [0.4, 0.5) is 11.4 Å². The first-order valence-electron chi connectivity index (χ1n) is 11.1. The van der Waals surface area contributed by atoms with Crippen molar-refractivity contribution in [1.29, 1.82) is 0 Å². The summed E-state index contributed by atoms with van der Waals surface area (Å²) in [5.74, 6) is 0.330. The van der Waals surface area contributed by atoms with Gasteiger partial charge in [-0.3, -0.25) is 9.52 Å². The second-order valence-corrected chi connectivity index (χ2v) is 9.89. The molecule has 0 aliphatic heterocycles. The predicted molar refractivity (Wildman–Crippen MR) is 136 cm³/mol. The van der Waals surface area contributed by atoms with Crippen LogP contribution in [0.3, 0.4) is 0 Å². The lowest BCUT2D eigenvalue weighted by Gasteiger charge is -2.15. The molecule has 4 aromatic rings. The van der Waals surface area contributed by atoms with Gasteiger partial charge in [0.15, 0.2) is 0 Å². The van der Waals surface area contributed by atoms with Crippen molar-refractivity contribution in [2.75, 3.05) is 17.1 Å². The van der Waals surface area contributed by atoms with Crippen LogP contribution in [0.15, 0.2) is 65.6 Å². The quantitative estimate of drug-likeness (QED) is 0.373. The minimum absolute atomic E-state index is 0.177. The van der Waals surface area contributed by atoms with Gasteiger partial charge in [0.05, 0.1) is 23.4 Å². The minimum atomic E-state index is -3.88. The summed E-state index contributed by atoms with van der Waals surface area (Å²) in [7, 11) is -2.37. The number of hydrogen-bond acceptors (Lipinski definition) is 7. The largest absolute Gasteiger partial charge is 0.495 e. The van der Waals surface area contributed by atoms with Crippen LogP contribution in [0.25, 0.3) is 11.4 Å². The van der Waals surface area contributed by atoms with Gasteiger partial charge < -0.3 is 10.1 Å². The summed E-state index contributed by atoms with van der Waals surface area (Å²) >= 11 is 0. The Labute approximate surface area is 209 Å². The number of benzene rings is 3. The number of aromatic nitrogens is 4. The number of carbonyl (C=O) groups is 1. The number of para-hydroxylation sites is 3. The Morgan fingerprint density at radius 3 is 2.31 bits per heavy atom. The van der Waals surface area contributed by atoms with Crippen molar-refractivity contribution in [1.82, 2.24) is 20.2 Å². The highest BCUT2D eigenvalue weighted by atomic mass is 32.2. The number of ether oxygens (including phenoxy) is 1. The highest BCUT2D eigenvalue weighted by Crippen LogP contribution is 2.29. The lowest BCUT2D eigenvalue weighted by molar-refractivity contribution is -0.117. The van der Waals surface area contributed by atoms with Crippen molar-refractivity contribution in [3.63, 3.8) is 0 Å². The van der Waals surface area contributed by atoms with Crippen molar-refractivity contribution in [3.8, 4) is 17.1 Å². The molecule has 11 heteroatoms. The maximum Gasteiger partial charge on any atom is 0.262 e. The first kappa shape index (κ1) is 24.9. The van der Waals surface area contributed by atoms with E-state index in [0.717, 1.165) is 10.4 Å². The molecule has 186 valence electrons. The Bertz CT molecular complexity index is 1510. The molecule has 0 saturated heterocycles. The third-order valence-electron chi connectivity index (χ3n) is 5.40. The van der Waals surface area contributed by atoms with E-state index in [1.165, 1.54) is 7.11 Å². The first-order valence-corrected chi connectivity index (χ1v) is 12.6. The first-order chi connectivity index (χ1) is 17.2. The molecule has 0 unspecified atom stereocenters. The molecule has 1 heterocycles. The van der Waals surface area contributed by atoms with Crippen molar-refractivity contribution in [3.05, 3.63) is 77.4 Å². The van der Waals surface area contributed by atoms with Gasteiger partial charge in [-0.25, -0.2) is 8.42 Å². The number of carbonyl (C=O) groups excluding carboxylic acids is 1. The molecule has 4 rings (SSSR count). The number of methoxy groups -OCH3 is 1. The molecule has 1 amide bonds. The van der Waals surface area contributed by atoms with Crippen LogP contribution in [0, 0.1) is 20.8 Å². The Balaban J connectivity index is 1.56. The SMILES string of the molecule is COc1ccccc1NC(=O)Cn1nnc(-c2ccccc2NS(=O)(=O)c2c(C)cc(C)cc2C)n1. The van der Waals surface area contributed by atoms with Crippen LogP contribution in [0.5, 0.6) is 5.75 Å². The number of nitrogens with zero attached hydrogens (tertiary/aromatic N) is 4. The Morgan fingerprint density at radius 2 is 1.61 bits per heavy atom. The fourth-order valence-corrected chi connectivity index (χ4v) is 5.57. The molecule has 0 aliphatic carbocycles. The molecule has 36 heavy (non-hydrogen) atoms. The molecule has 1 aromatic heterocycles. The number of hydrogen-bond donors (Lipinski definition) is 2. The zero-order valence-electron chi connectivity index (χ0n) is 20.3. The summed E-state index contributed by atoms with van der Waals surface area (Å²) in [6.07, 6.45) is 0. The van der Waals surface area contributed by atoms with E-state index >= 15 is 0 Å². The van der Waals surface area contributed by atoms with E-state index < -0.39 is 10.0 Å². The van der Waals surface area contributed by atoms with E-state index in [1.54, 1.807) is 62.4 Å². The fraction of sp³-hybridized carbons (Fsp3) is 0.200. The molecule has 0 bridgehead atoms. The van der Waals surface area contributed by atoms with Gasteiger partial charge in [-0.1, -0.05) is 42.0 Å². The Morgan fingerprint density at radius 1 is 0.972 bits per heavy atom. The number of nitrogens with one attached hydrogen (secondary N) is 2. The van der Waals surface area contributed by atoms with E-state index in [4.69, 9.17) is 4.74 Å². The monoisotopic (exact) mass is 506 g/mol. The highest BCUT2D eigenvalue weighted by molar-refractivity contribution is 7.92. The second kappa shape index (κ2) is 10.2. The fourth-order valence-electron chi connectivity index (χ4n) is 4.04. The summed E-state index contributed by atoms with van der Waals surface area (Å²) < 4.78 is 34.5. The van der Waals surface area contributed by atoms with Crippen LogP contribution in [-0.2, 0) is 21.4 Å². The van der Waals surface area contributed by atoms with Gasteiger partial charge in [0.2, 0.25) is 11.7 Å². The average molecular weight is 507 g/mol. The summed E-state index contributed by atoms with van der Waals surface area (Å²) in [5, 5.41) is 15.0. The molecule has 0 spiro atoms. The minimum Gasteiger partial charge on any atom is -0.495 e. The third kappa shape index (κ3) is 5.36. The zero-order valence-corrected chi connectivity index (χ0v) is 21.1. The molecule has 0 atom stereocenters. The molecule has 0 saturated carbocycles. The Hall–Kier alpha value is -4.25. The number of rotatable bonds is 8. The molecule has 0 fully saturated rings. The molecule has 0 aliphatic rings. The van der Waals surface area contributed by atoms with Gasteiger partial charge in [0, 0.05) is 5.56 Å². The molecular weight excluding hydrogens is 480 g/mol. The van der Waals surface area contributed by atoms with Crippen LogP contribution in [-0.4, -0.2) is 41.6 Å². The number of amides is 1. The van der Waals surface area contributed by atoms with Gasteiger partial charge in [0.1, 0.15) is 12.3 Å². The zero-order chi connectivity index (χ0) is 25.9. The normalized spacial score (nSPS) is 11.2. The van der Waals surface area contributed by atoms with E-state index in [2.05, 4.69) is 25.4 Å². The predicted octanol–water partition coefficient (Wildman–Crippen LogP) is 3.71. The van der Waals surface area contributed by atoms with Gasteiger partial charge >= 0.3 is 0 Å². The van der Waals surface area contributed by atoms with E-state index in [-0.39, 0.29) is 23.2 Å². The molecule has 3 aromatic carbocycles. The van der Waals surface area contributed by atoms with Crippen LogP contribution in [0.2, 0.25) is 0 Å². The van der Waals surface area contributed by atoms with Crippen LogP contribution >= 0.6 is 0 Å². The van der Waals surface area contributed by atoms with Crippen LogP contribution in [0.1, 0.15) is 16.7 Å². The van der Waals surface area contributed by atoms with Crippen molar-refractivity contribution < 1.29 is 17.9 Å². The highest BCUT2D eigenvalue weighted by Gasteiger charge is 2.22. The summed E-state index contributed by atoms with van der Waals surface area (Å²) in [5.41, 5.74) is 3.55. The number of sulfonamides is 1. The number of tetrazole rings is 1. The van der Waals surface area contributed by atoms with E-state index in [9.17, 15) is 13.2 Å². The molecule has 10 nitrogen and oxygen atoms in total. The van der Waals surface area contributed by atoms with E-state index in [1.807, 2.05) is 19.1 Å². The molecule has 0 radical (unpaired) electrons. The van der Waals surface area contributed by atoms with Crippen molar-refractivity contribution in [2.45, 2.75) is 32.2 Å². The summed E-state index contributed by atoms with van der Waals surface area (Å²) in [6, 6.07) is 17.5. The number of aryl methyl sites for hydroxylation is 3. The third-order valence-corrected chi connectivity index (χ3v) is 7.07. The molecular formula is C25H26N6O4S. The number of anilines is 2. The summed E-state index contributed by atoms with van der Waals surface area (Å²) in [4.78, 5) is 13.9. The van der Waals surface area contributed by atoms with Gasteiger partial charge in [-0.05, 0) is 61.4 Å². The van der Waals surface area contributed by atoms with Gasteiger partial charge in [-0.2, -0.15) is 4.80 Å². The van der Waals surface area contributed by atoms with Crippen molar-refractivity contribution >= 4 is 27.3 Å². The second-order valence-electron chi connectivity index (χ2n) is 8.27. The van der Waals surface area contributed by atoms with Gasteiger partial charge in [0.25, 0.3) is 10.0 Å². The maximum absolute atomic E-state index is 13.3. The Kier molecular flexibility index (Phi) is 7.02. The lowest BCUT2D eigenvalue weighted by atomic mass is 10.1. The topological polar surface area (TPSA) is 128 Å².